The fourth-order valence-corrected chi connectivity index (χ4v) is 5.15. The Balaban J connectivity index is 1.62. The van der Waals surface area contributed by atoms with Gasteiger partial charge in [0.05, 0.1) is 19.3 Å². The number of methoxy groups -OCH3 is 1. The lowest BCUT2D eigenvalue weighted by Gasteiger charge is -2.52. The lowest BCUT2D eigenvalue weighted by Crippen LogP contribution is -2.56. The maximum Gasteiger partial charge on any atom is 0.238 e. The number of aliphatic hydroxyl groups is 1. The van der Waals surface area contributed by atoms with Crippen molar-refractivity contribution in [2.24, 2.45) is 5.92 Å². The second-order valence-corrected chi connectivity index (χ2v) is 8.47. The predicted molar refractivity (Wildman–Crippen MR) is 116 cm³/mol. The van der Waals surface area contributed by atoms with Crippen LogP contribution >= 0.6 is 0 Å². The minimum absolute atomic E-state index is 0.0405. The lowest BCUT2D eigenvalue weighted by molar-refractivity contribution is -0.135. The highest BCUT2D eigenvalue weighted by molar-refractivity contribution is 5.92. The van der Waals surface area contributed by atoms with Crippen LogP contribution in [0, 0.1) is 5.92 Å². The fraction of sp³-hybridized carbons (Fsp3) is 0.458. The van der Waals surface area contributed by atoms with Gasteiger partial charge in [0, 0.05) is 24.2 Å². The van der Waals surface area contributed by atoms with E-state index < -0.39 is 5.60 Å². The zero-order valence-corrected chi connectivity index (χ0v) is 17.4. The summed E-state index contributed by atoms with van der Waals surface area (Å²) in [6.45, 7) is 0.887. The highest BCUT2D eigenvalue weighted by atomic mass is 16.5. The van der Waals surface area contributed by atoms with Crippen molar-refractivity contribution in [2.45, 2.75) is 43.7 Å². The molecule has 4 rings (SSSR count). The number of hydrogen-bond acceptors (Lipinski definition) is 5. The van der Waals surface area contributed by atoms with Gasteiger partial charge in [-0.1, -0.05) is 37.1 Å². The summed E-state index contributed by atoms with van der Waals surface area (Å²) in [6, 6.07) is 14.7. The Morgan fingerprint density at radius 2 is 2.00 bits per heavy atom. The van der Waals surface area contributed by atoms with Gasteiger partial charge in [0.2, 0.25) is 5.91 Å². The van der Waals surface area contributed by atoms with Crippen LogP contribution in [0.25, 0.3) is 0 Å². The summed E-state index contributed by atoms with van der Waals surface area (Å²) in [4.78, 5) is 15.0. The summed E-state index contributed by atoms with van der Waals surface area (Å²) in [6.07, 6.45) is 4.49. The second-order valence-electron chi connectivity index (χ2n) is 8.47. The topological polar surface area (TPSA) is 82.0 Å². The molecular weight excluding hydrogens is 380 g/mol. The predicted octanol–water partition coefficient (Wildman–Crippen LogP) is 3.71. The number of amides is 1. The van der Waals surface area contributed by atoms with Crippen LogP contribution in [0.4, 0.5) is 5.69 Å². The van der Waals surface area contributed by atoms with Gasteiger partial charge in [-0.2, -0.15) is 0 Å². The molecular formula is C24H30N2O4. The molecule has 0 unspecified atom stereocenters. The Hall–Kier alpha value is -2.57. The molecule has 1 saturated heterocycles. The van der Waals surface area contributed by atoms with E-state index >= 15 is 0 Å². The fourth-order valence-electron chi connectivity index (χ4n) is 5.15. The van der Waals surface area contributed by atoms with Crippen molar-refractivity contribution in [3.8, 4) is 11.5 Å². The Labute approximate surface area is 177 Å². The SMILES string of the molecule is COc1cc([C@@H]2[C@@H]3CCCC[C@@]3(O)CCN2CC(=O)Nc2ccccc2)ccc1O. The number of aromatic hydroxyl groups is 1. The molecule has 3 atom stereocenters. The summed E-state index contributed by atoms with van der Waals surface area (Å²) in [5, 5.41) is 24.4. The van der Waals surface area contributed by atoms with Gasteiger partial charge < -0.3 is 20.3 Å². The Kier molecular flexibility index (Phi) is 5.97. The smallest absolute Gasteiger partial charge is 0.238 e. The van der Waals surface area contributed by atoms with Gasteiger partial charge in [-0.15, -0.1) is 0 Å². The number of phenolic OH excluding ortho intramolecular Hbond substituents is 1. The van der Waals surface area contributed by atoms with Crippen molar-refractivity contribution < 1.29 is 19.7 Å². The number of carbonyl (C=O) groups excluding carboxylic acids is 1. The highest BCUT2D eigenvalue weighted by Gasteiger charge is 2.49. The van der Waals surface area contributed by atoms with Crippen molar-refractivity contribution in [3.63, 3.8) is 0 Å². The zero-order valence-electron chi connectivity index (χ0n) is 17.4. The highest BCUT2D eigenvalue weighted by Crippen LogP contribution is 2.50. The molecule has 2 fully saturated rings. The van der Waals surface area contributed by atoms with E-state index in [1.54, 1.807) is 6.07 Å². The number of benzene rings is 2. The van der Waals surface area contributed by atoms with Gasteiger partial charge in [0.25, 0.3) is 0 Å². The number of rotatable bonds is 5. The number of ether oxygens (including phenoxy) is 1. The minimum atomic E-state index is -0.708. The molecule has 30 heavy (non-hydrogen) atoms. The van der Waals surface area contributed by atoms with Crippen molar-refractivity contribution in [3.05, 3.63) is 54.1 Å². The van der Waals surface area contributed by atoms with Crippen molar-refractivity contribution in [1.82, 2.24) is 4.90 Å². The molecule has 2 aliphatic rings. The lowest BCUT2D eigenvalue weighted by atomic mass is 9.66. The normalized spacial score (nSPS) is 26.6. The van der Waals surface area contributed by atoms with E-state index in [1.165, 1.54) is 7.11 Å². The van der Waals surface area contributed by atoms with Crippen molar-refractivity contribution >= 4 is 11.6 Å². The number of phenols is 1. The van der Waals surface area contributed by atoms with Crippen LogP contribution in [0.2, 0.25) is 0 Å². The first kappa shape index (κ1) is 20.7. The van der Waals surface area contributed by atoms with E-state index in [4.69, 9.17) is 4.74 Å². The summed E-state index contributed by atoms with van der Waals surface area (Å²) < 4.78 is 5.32. The number of para-hydroxylation sites is 1. The quantitative estimate of drug-likeness (QED) is 0.700. The number of piperidine rings is 1. The number of carbonyl (C=O) groups is 1. The van der Waals surface area contributed by atoms with E-state index in [0.29, 0.717) is 18.7 Å². The number of nitrogens with one attached hydrogen (secondary N) is 1. The van der Waals surface area contributed by atoms with E-state index in [0.717, 1.165) is 36.9 Å². The average Bonchev–Trinajstić information content (AvgIpc) is 2.75. The molecule has 2 aromatic rings. The molecule has 0 radical (unpaired) electrons. The summed E-state index contributed by atoms with van der Waals surface area (Å²) >= 11 is 0. The van der Waals surface area contributed by atoms with Crippen LogP contribution in [0.1, 0.15) is 43.7 Å². The Morgan fingerprint density at radius 3 is 2.77 bits per heavy atom. The number of likely N-dealkylation sites (tertiary alicyclic amines) is 1. The molecule has 6 nitrogen and oxygen atoms in total. The molecule has 6 heteroatoms. The molecule has 1 aliphatic heterocycles. The first-order chi connectivity index (χ1) is 14.5. The largest absolute Gasteiger partial charge is 0.504 e. The molecule has 0 spiro atoms. The number of anilines is 1. The Morgan fingerprint density at radius 1 is 1.20 bits per heavy atom. The van der Waals surface area contributed by atoms with Crippen LogP contribution in [0.3, 0.4) is 0 Å². The number of nitrogens with zero attached hydrogens (tertiary/aromatic N) is 1. The third-order valence-corrected chi connectivity index (χ3v) is 6.62. The maximum atomic E-state index is 12.8. The van der Waals surface area contributed by atoms with Crippen molar-refractivity contribution in [2.75, 3.05) is 25.5 Å². The van der Waals surface area contributed by atoms with Crippen molar-refractivity contribution in [1.29, 1.82) is 0 Å². The molecule has 3 N–H and O–H groups in total. The maximum absolute atomic E-state index is 12.8. The van der Waals surface area contributed by atoms with Crippen LogP contribution in [-0.4, -0.2) is 46.8 Å². The van der Waals surface area contributed by atoms with Gasteiger partial charge >= 0.3 is 0 Å². The second kappa shape index (κ2) is 8.66. The van der Waals surface area contributed by atoms with Crippen LogP contribution in [-0.2, 0) is 4.79 Å². The molecule has 0 bridgehead atoms. The average molecular weight is 411 g/mol. The molecule has 2 aromatic carbocycles. The molecule has 1 saturated carbocycles. The standard InChI is InChI=1S/C24H30N2O4/c1-30-21-15-17(10-11-20(21)27)23-19-9-5-6-12-24(19,29)13-14-26(23)16-22(28)25-18-7-3-2-4-8-18/h2-4,7-8,10-11,15,19,23,27,29H,5-6,9,12-14,16H2,1H3,(H,25,28)/t19-,23+,24+/m0/s1. The summed E-state index contributed by atoms with van der Waals surface area (Å²) in [7, 11) is 1.53. The first-order valence-electron chi connectivity index (χ1n) is 10.7. The van der Waals surface area contributed by atoms with Gasteiger partial charge in [-0.25, -0.2) is 0 Å². The van der Waals surface area contributed by atoms with Crippen LogP contribution in [0.15, 0.2) is 48.5 Å². The minimum Gasteiger partial charge on any atom is -0.504 e. The summed E-state index contributed by atoms with van der Waals surface area (Å²) in [5.74, 6) is 0.465. The monoisotopic (exact) mass is 410 g/mol. The molecule has 1 amide bonds. The Bertz CT molecular complexity index is 888. The van der Waals surface area contributed by atoms with E-state index in [9.17, 15) is 15.0 Å². The number of fused-ring (bicyclic) bond motifs is 1. The van der Waals surface area contributed by atoms with Gasteiger partial charge in [-0.05, 0) is 49.1 Å². The van der Waals surface area contributed by atoms with Crippen LogP contribution in [0.5, 0.6) is 11.5 Å². The van der Waals surface area contributed by atoms with Gasteiger partial charge in [0.15, 0.2) is 11.5 Å². The van der Waals surface area contributed by atoms with E-state index in [2.05, 4.69) is 10.2 Å². The number of hydrogen-bond donors (Lipinski definition) is 3. The summed E-state index contributed by atoms with van der Waals surface area (Å²) in [5.41, 5.74) is 1.03. The van der Waals surface area contributed by atoms with E-state index in [1.807, 2.05) is 42.5 Å². The first-order valence-corrected chi connectivity index (χ1v) is 10.7. The third-order valence-electron chi connectivity index (χ3n) is 6.62. The third kappa shape index (κ3) is 4.16. The van der Waals surface area contributed by atoms with Gasteiger partial charge in [0.1, 0.15) is 0 Å². The van der Waals surface area contributed by atoms with Gasteiger partial charge in [-0.3, -0.25) is 9.69 Å². The molecule has 1 heterocycles. The van der Waals surface area contributed by atoms with Crippen LogP contribution < -0.4 is 10.1 Å². The van der Waals surface area contributed by atoms with E-state index in [-0.39, 0.29) is 30.2 Å². The molecule has 160 valence electrons. The molecule has 0 aromatic heterocycles. The molecule has 1 aliphatic carbocycles. The zero-order chi connectivity index (χ0) is 21.1.